The highest BCUT2D eigenvalue weighted by atomic mass is 32.2. The van der Waals surface area contributed by atoms with Crippen molar-refractivity contribution in [2.75, 3.05) is 25.5 Å². The van der Waals surface area contributed by atoms with E-state index in [9.17, 15) is 13.2 Å². The molecule has 1 aliphatic rings. The summed E-state index contributed by atoms with van der Waals surface area (Å²) in [4.78, 5) is 14.8. The summed E-state index contributed by atoms with van der Waals surface area (Å²) in [6, 6.07) is 24.1. The van der Waals surface area contributed by atoms with Crippen LogP contribution in [0.1, 0.15) is 11.7 Å². The van der Waals surface area contributed by atoms with Crippen LogP contribution >= 0.6 is 0 Å². The molecule has 0 aliphatic carbocycles. The quantitative estimate of drug-likeness (QED) is 0.656. The minimum absolute atomic E-state index is 0.191. The Morgan fingerprint density at radius 2 is 1.52 bits per heavy atom. The van der Waals surface area contributed by atoms with Gasteiger partial charge in [0, 0.05) is 18.8 Å². The van der Waals surface area contributed by atoms with Crippen molar-refractivity contribution < 1.29 is 17.9 Å². The molecule has 2 amide bonds. The molecule has 0 aromatic heterocycles. The highest BCUT2D eigenvalue weighted by molar-refractivity contribution is 7.89. The number of rotatable bonds is 5. The van der Waals surface area contributed by atoms with Gasteiger partial charge >= 0.3 is 6.03 Å². The molecule has 0 radical (unpaired) electrons. The van der Waals surface area contributed by atoms with E-state index >= 15 is 0 Å². The third kappa shape index (κ3) is 4.26. The number of para-hydroxylation sites is 1. The standard InChI is InChI=1S/C23H23N3O4S/c1-30-20-14-12-18(13-15-20)22-25(23(27)24-19-8-4-2-5-9-19)16-17-26(22)31(28,29)21-10-6-3-7-11-21/h2-15,22H,16-17H2,1H3,(H,24,27)/t22-/m0/s1. The number of urea groups is 1. The fourth-order valence-electron chi connectivity index (χ4n) is 3.64. The van der Waals surface area contributed by atoms with Gasteiger partial charge in [-0.05, 0) is 42.0 Å². The minimum atomic E-state index is -3.81. The van der Waals surface area contributed by atoms with Gasteiger partial charge in [0.05, 0.1) is 12.0 Å². The number of nitrogens with zero attached hydrogens (tertiary/aromatic N) is 2. The van der Waals surface area contributed by atoms with E-state index in [2.05, 4.69) is 5.32 Å². The van der Waals surface area contributed by atoms with Crippen LogP contribution in [0, 0.1) is 0 Å². The molecular formula is C23H23N3O4S. The Bertz CT molecular complexity index is 1140. The van der Waals surface area contributed by atoms with Crippen molar-refractivity contribution >= 4 is 21.7 Å². The van der Waals surface area contributed by atoms with Crippen molar-refractivity contribution in [3.05, 3.63) is 90.5 Å². The van der Waals surface area contributed by atoms with E-state index in [1.165, 1.54) is 9.21 Å². The third-order valence-corrected chi connectivity index (χ3v) is 7.05. The van der Waals surface area contributed by atoms with Crippen LogP contribution in [0.5, 0.6) is 5.75 Å². The second-order valence-corrected chi connectivity index (χ2v) is 8.96. The summed E-state index contributed by atoms with van der Waals surface area (Å²) in [5.74, 6) is 0.652. The fraction of sp³-hybridized carbons (Fsp3) is 0.174. The first-order valence-electron chi connectivity index (χ1n) is 9.84. The van der Waals surface area contributed by atoms with Crippen LogP contribution in [-0.2, 0) is 10.0 Å². The van der Waals surface area contributed by atoms with Gasteiger partial charge < -0.3 is 15.0 Å². The summed E-state index contributed by atoms with van der Waals surface area (Å²) >= 11 is 0. The Kier molecular flexibility index (Phi) is 5.92. The van der Waals surface area contributed by atoms with Gasteiger partial charge in [0.1, 0.15) is 11.9 Å². The van der Waals surface area contributed by atoms with Gasteiger partial charge in [-0.3, -0.25) is 0 Å². The van der Waals surface area contributed by atoms with Crippen LogP contribution in [0.2, 0.25) is 0 Å². The van der Waals surface area contributed by atoms with E-state index in [0.717, 1.165) is 0 Å². The zero-order valence-corrected chi connectivity index (χ0v) is 17.8. The molecule has 0 unspecified atom stereocenters. The van der Waals surface area contributed by atoms with Gasteiger partial charge in [-0.15, -0.1) is 0 Å². The molecule has 160 valence electrons. The number of ether oxygens (including phenoxy) is 1. The summed E-state index contributed by atoms with van der Waals surface area (Å²) < 4.78 is 33.4. The van der Waals surface area contributed by atoms with E-state index in [-0.39, 0.29) is 24.0 Å². The van der Waals surface area contributed by atoms with E-state index < -0.39 is 16.2 Å². The van der Waals surface area contributed by atoms with Crippen molar-refractivity contribution in [2.24, 2.45) is 0 Å². The summed E-state index contributed by atoms with van der Waals surface area (Å²) in [5, 5.41) is 2.86. The molecule has 1 heterocycles. The van der Waals surface area contributed by atoms with Gasteiger partial charge in [-0.25, -0.2) is 13.2 Å². The Morgan fingerprint density at radius 1 is 0.903 bits per heavy atom. The van der Waals surface area contributed by atoms with Crippen LogP contribution in [0.4, 0.5) is 10.5 Å². The zero-order chi connectivity index (χ0) is 21.8. The number of nitrogens with one attached hydrogen (secondary N) is 1. The maximum atomic E-state index is 13.4. The Labute approximate surface area is 181 Å². The number of carbonyl (C=O) groups excluding carboxylic acids is 1. The molecule has 8 heteroatoms. The molecule has 31 heavy (non-hydrogen) atoms. The maximum absolute atomic E-state index is 13.4. The molecule has 1 saturated heterocycles. The van der Waals surface area contributed by atoms with E-state index in [0.29, 0.717) is 17.0 Å². The summed E-state index contributed by atoms with van der Waals surface area (Å²) in [5.41, 5.74) is 1.33. The Morgan fingerprint density at radius 3 is 2.13 bits per heavy atom. The lowest BCUT2D eigenvalue weighted by Gasteiger charge is -2.30. The lowest BCUT2D eigenvalue weighted by Crippen LogP contribution is -2.39. The van der Waals surface area contributed by atoms with Crippen molar-refractivity contribution in [2.45, 2.75) is 11.1 Å². The lowest BCUT2D eigenvalue weighted by molar-refractivity contribution is 0.188. The largest absolute Gasteiger partial charge is 0.497 e. The zero-order valence-electron chi connectivity index (χ0n) is 17.0. The van der Waals surface area contributed by atoms with E-state index in [1.807, 2.05) is 18.2 Å². The monoisotopic (exact) mass is 437 g/mol. The minimum Gasteiger partial charge on any atom is -0.497 e. The van der Waals surface area contributed by atoms with Crippen LogP contribution < -0.4 is 10.1 Å². The number of sulfonamides is 1. The first-order valence-corrected chi connectivity index (χ1v) is 11.3. The van der Waals surface area contributed by atoms with Crippen molar-refractivity contribution in [3.8, 4) is 5.75 Å². The fourth-order valence-corrected chi connectivity index (χ4v) is 5.23. The smallest absolute Gasteiger partial charge is 0.323 e. The summed E-state index contributed by atoms with van der Waals surface area (Å²) in [6.45, 7) is 0.456. The van der Waals surface area contributed by atoms with Gasteiger partial charge in [-0.2, -0.15) is 4.31 Å². The molecule has 1 N–H and O–H groups in total. The number of benzene rings is 3. The second kappa shape index (κ2) is 8.79. The molecule has 0 bridgehead atoms. The number of anilines is 1. The molecule has 7 nitrogen and oxygen atoms in total. The number of hydrogen-bond donors (Lipinski definition) is 1. The van der Waals surface area contributed by atoms with E-state index in [1.54, 1.807) is 73.8 Å². The van der Waals surface area contributed by atoms with Crippen LogP contribution in [-0.4, -0.2) is 43.9 Å². The Balaban J connectivity index is 1.70. The molecule has 1 fully saturated rings. The average molecular weight is 438 g/mol. The normalized spacial score (nSPS) is 16.8. The molecule has 4 rings (SSSR count). The van der Waals surface area contributed by atoms with Crippen LogP contribution in [0.25, 0.3) is 0 Å². The predicted octanol–water partition coefficient (Wildman–Crippen LogP) is 3.93. The van der Waals surface area contributed by atoms with Gasteiger partial charge in [0.2, 0.25) is 10.0 Å². The number of amides is 2. The third-order valence-electron chi connectivity index (χ3n) is 5.18. The summed E-state index contributed by atoms with van der Waals surface area (Å²) in [7, 11) is -2.24. The SMILES string of the molecule is COc1ccc([C@H]2N(C(=O)Nc3ccccc3)CCN2S(=O)(=O)c2ccccc2)cc1. The number of hydrogen-bond acceptors (Lipinski definition) is 4. The molecule has 3 aromatic carbocycles. The summed E-state index contributed by atoms with van der Waals surface area (Å²) in [6.07, 6.45) is -0.778. The van der Waals surface area contributed by atoms with Crippen molar-refractivity contribution in [1.29, 1.82) is 0 Å². The predicted molar refractivity (Wildman–Crippen MR) is 118 cm³/mol. The first kappa shape index (κ1) is 20.9. The maximum Gasteiger partial charge on any atom is 0.323 e. The highest BCUT2D eigenvalue weighted by Crippen LogP contribution is 2.36. The second-order valence-electron chi connectivity index (χ2n) is 7.07. The molecule has 0 spiro atoms. The number of methoxy groups -OCH3 is 1. The first-order chi connectivity index (χ1) is 15.0. The van der Waals surface area contributed by atoms with Crippen molar-refractivity contribution in [1.82, 2.24) is 9.21 Å². The van der Waals surface area contributed by atoms with Gasteiger partial charge in [0.25, 0.3) is 0 Å². The lowest BCUT2D eigenvalue weighted by atomic mass is 10.1. The van der Waals surface area contributed by atoms with Gasteiger partial charge in [-0.1, -0.05) is 48.5 Å². The topological polar surface area (TPSA) is 79.0 Å². The molecular weight excluding hydrogens is 414 g/mol. The van der Waals surface area contributed by atoms with Crippen LogP contribution in [0.3, 0.4) is 0 Å². The average Bonchev–Trinajstić information content (AvgIpc) is 3.27. The number of carbonyl (C=O) groups is 1. The van der Waals surface area contributed by atoms with E-state index in [4.69, 9.17) is 4.74 Å². The van der Waals surface area contributed by atoms with Crippen molar-refractivity contribution in [3.63, 3.8) is 0 Å². The highest BCUT2D eigenvalue weighted by Gasteiger charge is 2.43. The molecule has 3 aromatic rings. The molecule has 0 saturated carbocycles. The Hall–Kier alpha value is -3.36. The molecule has 1 aliphatic heterocycles. The van der Waals surface area contributed by atoms with Gasteiger partial charge in [0.15, 0.2) is 0 Å². The molecule has 1 atom stereocenters. The van der Waals surface area contributed by atoms with Crippen LogP contribution in [0.15, 0.2) is 89.8 Å².